The SMILES string of the molecule is Cc1ccc(OCC(=O)N2C[C@@]3(C(=O)O)C[C@@]3(C(=O)O)C2)cc1C. The average Bonchev–Trinajstić information content (AvgIpc) is 3.07. The highest BCUT2D eigenvalue weighted by molar-refractivity contribution is 5.96. The van der Waals surface area contributed by atoms with E-state index in [-0.39, 0.29) is 26.1 Å². The Morgan fingerprint density at radius 1 is 1.08 bits per heavy atom. The van der Waals surface area contributed by atoms with Gasteiger partial charge in [0.05, 0.1) is 0 Å². The minimum atomic E-state index is -1.35. The third kappa shape index (κ3) is 2.23. The fraction of sp³-hybridized carbons (Fsp3) is 0.471. The first kappa shape index (κ1) is 16.3. The molecule has 128 valence electrons. The van der Waals surface area contributed by atoms with Gasteiger partial charge in [0, 0.05) is 13.1 Å². The Labute approximate surface area is 138 Å². The van der Waals surface area contributed by atoms with Crippen molar-refractivity contribution in [2.75, 3.05) is 19.7 Å². The van der Waals surface area contributed by atoms with Gasteiger partial charge >= 0.3 is 11.9 Å². The number of hydrogen-bond donors (Lipinski definition) is 2. The molecule has 24 heavy (non-hydrogen) atoms. The molecule has 7 heteroatoms. The molecule has 1 aliphatic carbocycles. The molecule has 1 aromatic carbocycles. The molecular formula is C17H19NO6. The number of aliphatic carboxylic acids is 2. The Hall–Kier alpha value is -2.57. The molecule has 0 bridgehead atoms. The number of nitrogens with zero attached hydrogens (tertiary/aromatic N) is 1. The van der Waals surface area contributed by atoms with Crippen molar-refractivity contribution in [2.45, 2.75) is 20.3 Å². The second-order valence-corrected chi connectivity index (χ2v) is 6.74. The van der Waals surface area contributed by atoms with Gasteiger partial charge in [-0.15, -0.1) is 0 Å². The van der Waals surface area contributed by atoms with Crippen LogP contribution in [0.25, 0.3) is 0 Å². The van der Waals surface area contributed by atoms with Gasteiger partial charge in [0.2, 0.25) is 0 Å². The van der Waals surface area contributed by atoms with Crippen LogP contribution in [0.15, 0.2) is 18.2 Å². The van der Waals surface area contributed by atoms with Crippen LogP contribution in [0.3, 0.4) is 0 Å². The zero-order chi connectivity index (χ0) is 17.7. The lowest BCUT2D eigenvalue weighted by Gasteiger charge is -2.20. The van der Waals surface area contributed by atoms with E-state index in [1.165, 1.54) is 4.90 Å². The summed E-state index contributed by atoms with van der Waals surface area (Å²) >= 11 is 0. The van der Waals surface area contributed by atoms with Crippen molar-refractivity contribution in [3.8, 4) is 5.75 Å². The first-order chi connectivity index (χ1) is 11.2. The lowest BCUT2D eigenvalue weighted by Crippen LogP contribution is -2.37. The van der Waals surface area contributed by atoms with E-state index in [1.807, 2.05) is 26.0 Å². The van der Waals surface area contributed by atoms with E-state index in [9.17, 15) is 24.6 Å². The van der Waals surface area contributed by atoms with Crippen LogP contribution in [0.1, 0.15) is 17.5 Å². The molecule has 0 aromatic heterocycles. The van der Waals surface area contributed by atoms with E-state index < -0.39 is 28.7 Å². The minimum Gasteiger partial charge on any atom is -0.484 e. The summed E-state index contributed by atoms with van der Waals surface area (Å²) < 4.78 is 5.47. The molecule has 0 spiro atoms. The number of carbonyl (C=O) groups excluding carboxylic acids is 1. The summed E-state index contributed by atoms with van der Waals surface area (Å²) in [5.74, 6) is -2.16. The molecule has 2 atom stereocenters. The van der Waals surface area contributed by atoms with Gasteiger partial charge in [-0.05, 0) is 43.5 Å². The summed E-state index contributed by atoms with van der Waals surface area (Å²) in [7, 11) is 0. The summed E-state index contributed by atoms with van der Waals surface area (Å²) in [6, 6.07) is 5.47. The number of hydrogen-bond acceptors (Lipinski definition) is 4. The number of carboxylic acid groups (broad SMARTS) is 2. The Morgan fingerprint density at radius 2 is 1.67 bits per heavy atom. The molecule has 0 radical (unpaired) electrons. The summed E-state index contributed by atoms with van der Waals surface area (Å²) in [4.78, 5) is 36.5. The van der Waals surface area contributed by atoms with Crippen molar-refractivity contribution in [2.24, 2.45) is 10.8 Å². The van der Waals surface area contributed by atoms with Crippen molar-refractivity contribution in [1.29, 1.82) is 0 Å². The third-order valence-electron chi connectivity index (χ3n) is 5.33. The monoisotopic (exact) mass is 333 g/mol. The van der Waals surface area contributed by atoms with Gasteiger partial charge in [0.25, 0.3) is 5.91 Å². The lowest BCUT2D eigenvalue weighted by molar-refractivity contribution is -0.151. The fourth-order valence-corrected chi connectivity index (χ4v) is 3.51. The Morgan fingerprint density at radius 3 is 2.17 bits per heavy atom. The molecule has 1 saturated heterocycles. The van der Waals surface area contributed by atoms with Gasteiger partial charge < -0.3 is 19.8 Å². The van der Waals surface area contributed by atoms with E-state index in [2.05, 4.69) is 0 Å². The zero-order valence-electron chi connectivity index (χ0n) is 13.5. The van der Waals surface area contributed by atoms with E-state index in [4.69, 9.17) is 4.74 Å². The van der Waals surface area contributed by atoms with Crippen LogP contribution in [-0.4, -0.2) is 52.7 Å². The highest BCUT2D eigenvalue weighted by Gasteiger charge is 2.81. The van der Waals surface area contributed by atoms with E-state index >= 15 is 0 Å². The number of likely N-dealkylation sites (tertiary alicyclic amines) is 1. The lowest BCUT2D eigenvalue weighted by atomic mass is 9.97. The van der Waals surface area contributed by atoms with E-state index in [0.29, 0.717) is 5.75 Å². The van der Waals surface area contributed by atoms with Gasteiger partial charge in [0.1, 0.15) is 16.6 Å². The van der Waals surface area contributed by atoms with Crippen LogP contribution in [0.2, 0.25) is 0 Å². The summed E-state index contributed by atoms with van der Waals surface area (Å²) in [5.41, 5.74) is -0.554. The van der Waals surface area contributed by atoms with E-state index in [1.54, 1.807) is 6.07 Å². The summed E-state index contributed by atoms with van der Waals surface area (Å²) in [5, 5.41) is 18.7. The number of carbonyl (C=O) groups is 3. The fourth-order valence-electron chi connectivity index (χ4n) is 3.51. The maximum absolute atomic E-state index is 12.3. The van der Waals surface area contributed by atoms with Gasteiger partial charge in [0.15, 0.2) is 6.61 Å². The number of rotatable bonds is 5. The maximum atomic E-state index is 12.3. The van der Waals surface area contributed by atoms with Crippen LogP contribution >= 0.6 is 0 Å². The van der Waals surface area contributed by atoms with Crippen LogP contribution in [0.5, 0.6) is 5.75 Å². The molecule has 1 heterocycles. The number of amides is 1. The number of piperidine rings is 1. The topological polar surface area (TPSA) is 104 Å². The maximum Gasteiger partial charge on any atom is 0.312 e. The van der Waals surface area contributed by atoms with Crippen LogP contribution < -0.4 is 4.74 Å². The second kappa shape index (κ2) is 5.22. The number of benzene rings is 1. The molecule has 1 aromatic rings. The van der Waals surface area contributed by atoms with Gasteiger partial charge in [-0.1, -0.05) is 6.07 Å². The number of aryl methyl sites for hydroxylation is 2. The average molecular weight is 333 g/mol. The quantitative estimate of drug-likeness (QED) is 0.835. The smallest absolute Gasteiger partial charge is 0.312 e. The predicted octanol–water partition coefficient (Wildman–Crippen LogP) is 1.07. The third-order valence-corrected chi connectivity index (χ3v) is 5.33. The second-order valence-electron chi connectivity index (χ2n) is 6.74. The number of carboxylic acids is 2. The van der Waals surface area contributed by atoms with Crippen LogP contribution in [-0.2, 0) is 14.4 Å². The predicted molar refractivity (Wildman–Crippen MR) is 82.7 cm³/mol. The summed E-state index contributed by atoms with van der Waals surface area (Å²) in [6.07, 6.45) is 0.0759. The molecule has 1 amide bonds. The first-order valence-electron chi connectivity index (χ1n) is 7.66. The van der Waals surface area contributed by atoms with Crippen molar-refractivity contribution < 1.29 is 29.3 Å². The molecule has 2 fully saturated rings. The zero-order valence-corrected chi connectivity index (χ0v) is 13.5. The Balaban J connectivity index is 1.66. The molecule has 1 aliphatic heterocycles. The molecule has 2 aliphatic rings. The molecule has 3 rings (SSSR count). The normalized spacial score (nSPS) is 27.5. The highest BCUT2D eigenvalue weighted by atomic mass is 16.5. The standard InChI is InChI=1S/C17H19NO6/c1-10-3-4-12(5-11(10)2)24-6-13(19)18-8-16(14(20)21)7-17(16,9-18)15(22)23/h3-5H,6-9H2,1-2H3,(H,20,21)(H,22,23)/t16-,17+. The van der Waals surface area contributed by atoms with Crippen LogP contribution in [0, 0.1) is 24.7 Å². The van der Waals surface area contributed by atoms with Crippen molar-refractivity contribution in [3.63, 3.8) is 0 Å². The molecule has 1 saturated carbocycles. The van der Waals surface area contributed by atoms with Crippen molar-refractivity contribution >= 4 is 17.8 Å². The Kier molecular flexibility index (Phi) is 3.55. The van der Waals surface area contributed by atoms with Crippen molar-refractivity contribution in [3.05, 3.63) is 29.3 Å². The number of fused-ring (bicyclic) bond motifs is 1. The highest BCUT2D eigenvalue weighted by Crippen LogP contribution is 2.68. The number of ether oxygens (including phenoxy) is 1. The van der Waals surface area contributed by atoms with Gasteiger partial charge in [-0.3, -0.25) is 14.4 Å². The van der Waals surface area contributed by atoms with Crippen LogP contribution in [0.4, 0.5) is 0 Å². The largest absolute Gasteiger partial charge is 0.484 e. The molecule has 7 nitrogen and oxygen atoms in total. The first-order valence-corrected chi connectivity index (χ1v) is 7.66. The summed E-state index contributed by atoms with van der Waals surface area (Å²) in [6.45, 7) is 3.50. The van der Waals surface area contributed by atoms with Gasteiger partial charge in [-0.2, -0.15) is 0 Å². The molecule has 2 N–H and O–H groups in total. The molecule has 0 unspecified atom stereocenters. The minimum absolute atomic E-state index is 0.0759. The molecular weight excluding hydrogens is 314 g/mol. The van der Waals surface area contributed by atoms with Crippen molar-refractivity contribution in [1.82, 2.24) is 4.90 Å². The van der Waals surface area contributed by atoms with Gasteiger partial charge in [-0.25, -0.2) is 0 Å². The Bertz CT molecular complexity index is 717. The van der Waals surface area contributed by atoms with E-state index in [0.717, 1.165) is 11.1 Å².